The van der Waals surface area contributed by atoms with Gasteiger partial charge in [0.15, 0.2) is 0 Å². The molecule has 0 aliphatic carbocycles. The first-order valence-corrected chi connectivity index (χ1v) is 8.52. The molecule has 2 N–H and O–H groups in total. The van der Waals surface area contributed by atoms with E-state index in [1.54, 1.807) is 6.20 Å². The molecule has 8 nitrogen and oxygen atoms in total. The van der Waals surface area contributed by atoms with Crippen molar-refractivity contribution in [3.63, 3.8) is 0 Å². The fourth-order valence-corrected chi connectivity index (χ4v) is 3.12. The summed E-state index contributed by atoms with van der Waals surface area (Å²) in [6.07, 6.45) is 3.77. The third-order valence-corrected chi connectivity index (χ3v) is 4.45. The van der Waals surface area contributed by atoms with Gasteiger partial charge in [-0.3, -0.25) is 14.5 Å². The van der Waals surface area contributed by atoms with Gasteiger partial charge in [-0.1, -0.05) is 0 Å². The molecule has 0 spiro atoms. The molecule has 1 unspecified atom stereocenters. The van der Waals surface area contributed by atoms with Gasteiger partial charge in [-0.15, -0.1) is 0 Å². The van der Waals surface area contributed by atoms with Crippen molar-refractivity contribution in [2.75, 3.05) is 39.3 Å². The first-order chi connectivity index (χ1) is 11.6. The summed E-state index contributed by atoms with van der Waals surface area (Å²) in [5.74, 6) is 0.874. The third-order valence-electron chi connectivity index (χ3n) is 4.45. The summed E-state index contributed by atoms with van der Waals surface area (Å²) in [6, 6.07) is 0. The molecule has 2 fully saturated rings. The summed E-state index contributed by atoms with van der Waals surface area (Å²) in [5, 5.41) is 2.73. The van der Waals surface area contributed by atoms with Crippen LogP contribution in [-0.4, -0.2) is 70.9 Å². The van der Waals surface area contributed by atoms with Gasteiger partial charge in [0.1, 0.15) is 11.9 Å². The number of aromatic amines is 1. The molecule has 8 heteroatoms. The monoisotopic (exact) mass is 335 g/mol. The van der Waals surface area contributed by atoms with Crippen molar-refractivity contribution in [2.24, 2.45) is 0 Å². The van der Waals surface area contributed by atoms with Crippen molar-refractivity contribution in [3.8, 4) is 0 Å². The molecular formula is C16H25N5O3. The van der Waals surface area contributed by atoms with Crippen molar-refractivity contribution >= 4 is 11.8 Å². The molecule has 2 aliphatic rings. The van der Waals surface area contributed by atoms with E-state index in [0.717, 1.165) is 44.0 Å². The van der Waals surface area contributed by atoms with Crippen LogP contribution < -0.4 is 5.32 Å². The largest absolute Gasteiger partial charge is 0.368 e. The average Bonchev–Trinajstić information content (AvgIpc) is 3.25. The van der Waals surface area contributed by atoms with Crippen LogP contribution in [0.3, 0.4) is 0 Å². The van der Waals surface area contributed by atoms with E-state index in [0.29, 0.717) is 26.2 Å². The highest BCUT2D eigenvalue weighted by molar-refractivity contribution is 5.78. The SMILES string of the molecule is CC(=O)NCc1cnc(C2CN(CC(=O)N3CCCC3)CCO2)[nH]1. The number of morpholine rings is 1. The second kappa shape index (κ2) is 7.76. The van der Waals surface area contributed by atoms with Gasteiger partial charge >= 0.3 is 0 Å². The highest BCUT2D eigenvalue weighted by Gasteiger charge is 2.27. The summed E-state index contributed by atoms with van der Waals surface area (Å²) in [5.41, 5.74) is 0.842. The van der Waals surface area contributed by atoms with Crippen molar-refractivity contribution in [2.45, 2.75) is 32.4 Å². The zero-order valence-electron chi connectivity index (χ0n) is 14.1. The summed E-state index contributed by atoms with van der Waals surface area (Å²) >= 11 is 0. The van der Waals surface area contributed by atoms with Crippen molar-refractivity contribution in [3.05, 3.63) is 17.7 Å². The Morgan fingerprint density at radius 3 is 2.92 bits per heavy atom. The van der Waals surface area contributed by atoms with Crippen LogP contribution in [-0.2, 0) is 20.9 Å². The van der Waals surface area contributed by atoms with E-state index in [2.05, 4.69) is 20.2 Å². The van der Waals surface area contributed by atoms with Crippen molar-refractivity contribution < 1.29 is 14.3 Å². The number of hydrogen-bond acceptors (Lipinski definition) is 5. The molecular weight excluding hydrogens is 310 g/mol. The maximum atomic E-state index is 12.3. The normalized spacial score (nSPS) is 21.9. The Morgan fingerprint density at radius 2 is 2.17 bits per heavy atom. The van der Waals surface area contributed by atoms with Crippen LogP contribution in [0.5, 0.6) is 0 Å². The van der Waals surface area contributed by atoms with Crippen LogP contribution in [0, 0.1) is 0 Å². The number of carbonyl (C=O) groups is 2. The van der Waals surface area contributed by atoms with E-state index in [1.807, 2.05) is 4.90 Å². The average molecular weight is 335 g/mol. The predicted molar refractivity (Wildman–Crippen MR) is 87.1 cm³/mol. The number of nitrogens with zero attached hydrogens (tertiary/aromatic N) is 3. The minimum absolute atomic E-state index is 0.0772. The topological polar surface area (TPSA) is 90.6 Å². The maximum Gasteiger partial charge on any atom is 0.236 e. The van der Waals surface area contributed by atoms with Gasteiger partial charge in [-0.05, 0) is 12.8 Å². The Labute approximate surface area is 141 Å². The first kappa shape index (κ1) is 16.9. The smallest absolute Gasteiger partial charge is 0.236 e. The molecule has 132 valence electrons. The summed E-state index contributed by atoms with van der Waals surface area (Å²) < 4.78 is 5.79. The molecule has 2 amide bonds. The molecule has 24 heavy (non-hydrogen) atoms. The lowest BCUT2D eigenvalue weighted by molar-refractivity contribution is -0.133. The number of rotatable bonds is 5. The van der Waals surface area contributed by atoms with Gasteiger partial charge < -0.3 is 19.9 Å². The molecule has 2 saturated heterocycles. The van der Waals surface area contributed by atoms with E-state index in [4.69, 9.17) is 4.74 Å². The predicted octanol–water partition coefficient (Wildman–Crippen LogP) is 0.0415. The van der Waals surface area contributed by atoms with Crippen LogP contribution in [0.1, 0.15) is 37.4 Å². The maximum absolute atomic E-state index is 12.3. The molecule has 3 heterocycles. The second-order valence-corrected chi connectivity index (χ2v) is 6.39. The molecule has 3 rings (SSSR count). The van der Waals surface area contributed by atoms with Crippen LogP contribution in [0.2, 0.25) is 0 Å². The molecule has 1 aromatic rings. The van der Waals surface area contributed by atoms with E-state index < -0.39 is 0 Å². The fourth-order valence-electron chi connectivity index (χ4n) is 3.12. The number of imidazole rings is 1. The highest BCUT2D eigenvalue weighted by Crippen LogP contribution is 2.20. The number of hydrogen-bond donors (Lipinski definition) is 2. The molecule has 1 atom stereocenters. The lowest BCUT2D eigenvalue weighted by atomic mass is 10.2. The number of likely N-dealkylation sites (tertiary alicyclic amines) is 1. The van der Waals surface area contributed by atoms with Gasteiger partial charge in [-0.25, -0.2) is 4.98 Å². The quantitative estimate of drug-likeness (QED) is 0.793. The summed E-state index contributed by atoms with van der Waals surface area (Å²) in [6.45, 7) is 6.11. The van der Waals surface area contributed by atoms with Crippen LogP contribution >= 0.6 is 0 Å². The van der Waals surface area contributed by atoms with E-state index in [1.165, 1.54) is 6.92 Å². The summed E-state index contributed by atoms with van der Waals surface area (Å²) in [4.78, 5) is 34.9. The van der Waals surface area contributed by atoms with Gasteiger partial charge in [0.05, 0.1) is 31.6 Å². The fraction of sp³-hybridized carbons (Fsp3) is 0.688. The van der Waals surface area contributed by atoms with Crippen LogP contribution in [0.15, 0.2) is 6.20 Å². The zero-order chi connectivity index (χ0) is 16.9. The molecule has 0 radical (unpaired) electrons. The van der Waals surface area contributed by atoms with Crippen molar-refractivity contribution in [1.29, 1.82) is 0 Å². The number of ether oxygens (including phenoxy) is 1. The molecule has 0 saturated carbocycles. The molecule has 0 aromatic carbocycles. The van der Waals surface area contributed by atoms with Gasteiger partial charge in [0.25, 0.3) is 0 Å². The Balaban J connectivity index is 1.53. The number of amides is 2. The Hall–Kier alpha value is -1.93. The Bertz CT molecular complexity index is 582. The zero-order valence-corrected chi connectivity index (χ0v) is 14.1. The van der Waals surface area contributed by atoms with Crippen LogP contribution in [0.25, 0.3) is 0 Å². The second-order valence-electron chi connectivity index (χ2n) is 6.39. The Kier molecular flexibility index (Phi) is 5.47. The van der Waals surface area contributed by atoms with Gasteiger partial charge in [-0.2, -0.15) is 0 Å². The summed E-state index contributed by atoms with van der Waals surface area (Å²) in [7, 11) is 0. The standard InChI is InChI=1S/C16H25N5O3/c1-12(22)17-8-13-9-18-16(19-13)14-10-20(6-7-24-14)11-15(23)21-4-2-3-5-21/h9,14H,2-8,10-11H2,1H3,(H,17,22)(H,18,19). The lowest BCUT2D eigenvalue weighted by Gasteiger charge is -2.32. The van der Waals surface area contributed by atoms with E-state index in [-0.39, 0.29) is 17.9 Å². The number of H-pyrrole nitrogens is 1. The van der Waals surface area contributed by atoms with Gasteiger partial charge in [0.2, 0.25) is 11.8 Å². The Morgan fingerprint density at radius 1 is 1.38 bits per heavy atom. The highest BCUT2D eigenvalue weighted by atomic mass is 16.5. The number of carbonyl (C=O) groups excluding carboxylic acids is 2. The first-order valence-electron chi connectivity index (χ1n) is 8.52. The van der Waals surface area contributed by atoms with E-state index in [9.17, 15) is 9.59 Å². The van der Waals surface area contributed by atoms with Crippen LogP contribution in [0.4, 0.5) is 0 Å². The minimum Gasteiger partial charge on any atom is -0.368 e. The molecule has 1 aromatic heterocycles. The third kappa shape index (κ3) is 4.33. The molecule has 0 bridgehead atoms. The molecule has 2 aliphatic heterocycles. The van der Waals surface area contributed by atoms with Crippen molar-refractivity contribution in [1.82, 2.24) is 25.1 Å². The number of aromatic nitrogens is 2. The minimum atomic E-state index is -0.170. The lowest BCUT2D eigenvalue weighted by Crippen LogP contribution is -2.45. The van der Waals surface area contributed by atoms with Gasteiger partial charge in [0, 0.05) is 33.1 Å². The van der Waals surface area contributed by atoms with E-state index >= 15 is 0 Å². The number of nitrogens with one attached hydrogen (secondary N) is 2.